The molecule has 1 fully saturated rings. The second-order valence-corrected chi connectivity index (χ2v) is 5.86. The van der Waals surface area contributed by atoms with Crippen LogP contribution in [0.5, 0.6) is 0 Å². The third-order valence-electron chi connectivity index (χ3n) is 4.11. The van der Waals surface area contributed by atoms with Crippen LogP contribution in [-0.2, 0) is 6.54 Å². The van der Waals surface area contributed by atoms with E-state index in [9.17, 15) is 13.2 Å². The van der Waals surface area contributed by atoms with Crippen LogP contribution in [0.15, 0.2) is 18.2 Å². The van der Waals surface area contributed by atoms with Crippen LogP contribution in [0.4, 0.5) is 18.9 Å². The van der Waals surface area contributed by atoms with Crippen molar-refractivity contribution in [2.24, 2.45) is 5.92 Å². The molecular formula is C16H22F3N2. The Bertz CT molecular complexity index is 439. The zero-order chi connectivity index (χ0) is 15.3. The van der Waals surface area contributed by atoms with Crippen LogP contribution in [0.2, 0.25) is 0 Å². The fraction of sp³-hybridized carbons (Fsp3) is 0.625. The molecule has 0 amide bonds. The number of nitrogens with one attached hydrogen (secondary N) is 1. The lowest BCUT2D eigenvalue weighted by molar-refractivity contribution is -0.160. The van der Waals surface area contributed by atoms with Gasteiger partial charge < -0.3 is 11.1 Å². The summed E-state index contributed by atoms with van der Waals surface area (Å²) in [5, 5.41) is 2.64. The van der Waals surface area contributed by atoms with E-state index in [1.54, 1.807) is 18.2 Å². The van der Waals surface area contributed by atoms with Gasteiger partial charge in [0.2, 0.25) is 0 Å². The largest absolute Gasteiger partial charge is 0.403 e. The van der Waals surface area contributed by atoms with E-state index in [-0.39, 0.29) is 18.9 Å². The highest BCUT2D eigenvalue weighted by Crippen LogP contribution is 2.32. The van der Waals surface area contributed by atoms with Crippen LogP contribution in [-0.4, -0.2) is 12.2 Å². The molecule has 21 heavy (non-hydrogen) atoms. The van der Waals surface area contributed by atoms with Crippen LogP contribution in [0.1, 0.15) is 44.1 Å². The van der Waals surface area contributed by atoms with E-state index in [1.165, 1.54) is 0 Å². The number of nitrogen functional groups attached to an aromatic ring is 1. The van der Waals surface area contributed by atoms with E-state index in [0.717, 1.165) is 32.1 Å². The minimum absolute atomic E-state index is 0.141. The summed E-state index contributed by atoms with van der Waals surface area (Å²) in [6, 6.07) is 6.42. The standard InChI is InChI=1S/C16H22F3N2/c17-16(18,19)15(10-12-5-2-1-3-6-12)21-11-13-7-4-8-14(20)9-13/h4,8-9,12,15,21H,1-3,5-6,10-11,20H2. The molecule has 1 atom stereocenters. The minimum Gasteiger partial charge on any atom is -0.399 e. The van der Waals surface area contributed by atoms with E-state index in [1.807, 2.05) is 0 Å². The molecule has 0 aliphatic heterocycles. The number of anilines is 1. The molecule has 5 heteroatoms. The second-order valence-electron chi connectivity index (χ2n) is 5.86. The monoisotopic (exact) mass is 299 g/mol. The summed E-state index contributed by atoms with van der Waals surface area (Å²) in [7, 11) is 0. The van der Waals surface area contributed by atoms with E-state index in [4.69, 9.17) is 5.73 Å². The Hall–Kier alpha value is -1.23. The first kappa shape index (κ1) is 16.1. The van der Waals surface area contributed by atoms with Crippen molar-refractivity contribution in [2.75, 3.05) is 5.73 Å². The molecule has 1 unspecified atom stereocenters. The molecule has 0 spiro atoms. The summed E-state index contributed by atoms with van der Waals surface area (Å²) < 4.78 is 39.5. The molecule has 1 aromatic rings. The number of benzene rings is 1. The number of rotatable bonds is 5. The van der Waals surface area contributed by atoms with Gasteiger partial charge in [0.1, 0.15) is 6.04 Å². The zero-order valence-electron chi connectivity index (χ0n) is 12.0. The molecule has 0 aromatic heterocycles. The molecule has 2 rings (SSSR count). The van der Waals surface area contributed by atoms with E-state index in [0.29, 0.717) is 11.3 Å². The highest BCUT2D eigenvalue weighted by atomic mass is 19.4. The van der Waals surface area contributed by atoms with Crippen LogP contribution < -0.4 is 11.1 Å². The molecule has 1 radical (unpaired) electrons. The lowest BCUT2D eigenvalue weighted by atomic mass is 9.84. The van der Waals surface area contributed by atoms with Crippen molar-refractivity contribution in [3.8, 4) is 0 Å². The van der Waals surface area contributed by atoms with Crippen molar-refractivity contribution in [1.29, 1.82) is 0 Å². The smallest absolute Gasteiger partial charge is 0.399 e. The van der Waals surface area contributed by atoms with Crippen molar-refractivity contribution in [3.63, 3.8) is 0 Å². The predicted octanol–water partition coefficient (Wildman–Crippen LogP) is 4.06. The fourth-order valence-electron chi connectivity index (χ4n) is 2.96. The molecule has 117 valence electrons. The quantitative estimate of drug-likeness (QED) is 0.805. The van der Waals surface area contributed by atoms with Gasteiger partial charge in [0.15, 0.2) is 0 Å². The number of halogens is 3. The van der Waals surface area contributed by atoms with Crippen LogP contribution in [0.3, 0.4) is 0 Å². The van der Waals surface area contributed by atoms with E-state index < -0.39 is 12.2 Å². The topological polar surface area (TPSA) is 38.0 Å². The average Bonchev–Trinajstić information content (AvgIpc) is 2.43. The predicted molar refractivity (Wildman–Crippen MR) is 77.6 cm³/mol. The van der Waals surface area contributed by atoms with Gasteiger partial charge in [-0.05, 0) is 36.1 Å². The summed E-state index contributed by atoms with van der Waals surface area (Å²) in [5.41, 5.74) is 6.83. The zero-order valence-corrected chi connectivity index (χ0v) is 12.0. The maximum atomic E-state index is 13.2. The number of hydrogen-bond donors (Lipinski definition) is 2. The summed E-state index contributed by atoms with van der Waals surface area (Å²) in [5.74, 6) is 0.183. The molecule has 0 bridgehead atoms. The lowest BCUT2D eigenvalue weighted by Gasteiger charge is -2.28. The fourth-order valence-corrected chi connectivity index (χ4v) is 2.96. The molecule has 3 N–H and O–H groups in total. The third kappa shape index (κ3) is 5.23. The Morgan fingerprint density at radius 2 is 2.00 bits per heavy atom. The van der Waals surface area contributed by atoms with Crippen molar-refractivity contribution >= 4 is 5.69 Å². The van der Waals surface area contributed by atoms with Gasteiger partial charge >= 0.3 is 6.18 Å². The molecule has 0 heterocycles. The number of alkyl halides is 3. The normalized spacial score (nSPS) is 18.6. The lowest BCUT2D eigenvalue weighted by Crippen LogP contribution is -2.43. The highest BCUT2D eigenvalue weighted by molar-refractivity contribution is 5.39. The molecule has 0 saturated heterocycles. The Kier molecular flexibility index (Phi) is 5.51. The van der Waals surface area contributed by atoms with Gasteiger partial charge in [-0.25, -0.2) is 0 Å². The summed E-state index contributed by atoms with van der Waals surface area (Å²) in [6.45, 7) is 0.141. The number of nitrogens with two attached hydrogens (primary N) is 1. The van der Waals surface area contributed by atoms with Crippen LogP contribution in [0.25, 0.3) is 0 Å². The third-order valence-corrected chi connectivity index (χ3v) is 4.11. The Morgan fingerprint density at radius 1 is 1.29 bits per heavy atom. The van der Waals surface area contributed by atoms with E-state index >= 15 is 0 Å². The summed E-state index contributed by atoms with van der Waals surface area (Å²) in [4.78, 5) is 0. The minimum atomic E-state index is -4.21. The van der Waals surface area contributed by atoms with Crippen molar-refractivity contribution < 1.29 is 13.2 Å². The summed E-state index contributed by atoms with van der Waals surface area (Å²) >= 11 is 0. The maximum Gasteiger partial charge on any atom is 0.403 e. The first-order chi connectivity index (χ1) is 9.95. The Balaban J connectivity index is 1.93. The summed E-state index contributed by atoms with van der Waals surface area (Å²) in [6.07, 6.45) is 1.05. The van der Waals surface area contributed by atoms with Gasteiger partial charge in [0.25, 0.3) is 0 Å². The molecule has 2 nitrogen and oxygen atoms in total. The van der Waals surface area contributed by atoms with Gasteiger partial charge in [-0.3, -0.25) is 0 Å². The van der Waals surface area contributed by atoms with Crippen molar-refractivity contribution in [1.82, 2.24) is 5.32 Å². The van der Waals surface area contributed by atoms with Gasteiger partial charge in [-0.2, -0.15) is 13.2 Å². The first-order valence-electron chi connectivity index (χ1n) is 7.51. The average molecular weight is 299 g/mol. The maximum absolute atomic E-state index is 13.2. The first-order valence-corrected chi connectivity index (χ1v) is 7.51. The van der Waals surface area contributed by atoms with Gasteiger partial charge in [-0.1, -0.05) is 38.2 Å². The van der Waals surface area contributed by atoms with Crippen LogP contribution in [0, 0.1) is 12.0 Å². The highest BCUT2D eigenvalue weighted by Gasteiger charge is 2.40. The van der Waals surface area contributed by atoms with Gasteiger partial charge in [0.05, 0.1) is 0 Å². The van der Waals surface area contributed by atoms with Crippen molar-refractivity contribution in [2.45, 2.75) is 57.3 Å². The SMILES string of the molecule is Nc1cc[c]c(CNC(CC2CCCCC2)C(F)(F)F)c1. The second kappa shape index (κ2) is 7.16. The van der Waals surface area contributed by atoms with E-state index in [2.05, 4.69) is 11.4 Å². The van der Waals surface area contributed by atoms with Crippen molar-refractivity contribution in [3.05, 3.63) is 29.8 Å². The Morgan fingerprint density at radius 3 is 2.62 bits per heavy atom. The van der Waals surface area contributed by atoms with Gasteiger partial charge in [0, 0.05) is 12.2 Å². The molecule has 1 aliphatic rings. The van der Waals surface area contributed by atoms with Gasteiger partial charge in [-0.15, -0.1) is 0 Å². The molecule has 1 aromatic carbocycles. The number of hydrogen-bond acceptors (Lipinski definition) is 2. The molecule has 1 saturated carbocycles. The van der Waals surface area contributed by atoms with Crippen LogP contribution >= 0.6 is 0 Å². The Labute approximate surface area is 123 Å². The molecular weight excluding hydrogens is 277 g/mol. The molecule has 1 aliphatic carbocycles.